The van der Waals surface area contributed by atoms with Gasteiger partial charge in [-0.2, -0.15) is 0 Å². The van der Waals surface area contributed by atoms with Crippen molar-refractivity contribution in [2.45, 2.75) is 0 Å². The quantitative estimate of drug-likeness (QED) is 0.123. The average molecular weight is 762 g/mol. The molecule has 6 aromatic rings. The van der Waals surface area contributed by atoms with Gasteiger partial charge in [0.15, 0.2) is 0 Å². The van der Waals surface area contributed by atoms with Crippen LogP contribution < -0.4 is 31.8 Å². The molecule has 0 spiro atoms. The van der Waals surface area contributed by atoms with Gasteiger partial charge in [0, 0.05) is 0 Å². The minimum Gasteiger partial charge on any atom is -0.577 e. The van der Waals surface area contributed by atoms with Crippen LogP contribution in [0.25, 0.3) is 5.59 Å². The van der Waals surface area contributed by atoms with Gasteiger partial charge in [-0.05, 0) is 47.7 Å². The van der Waals surface area contributed by atoms with Crippen molar-refractivity contribution in [3.05, 3.63) is 192 Å². The maximum Gasteiger partial charge on any atom is -0.0134 e. The molecule has 0 radical (unpaired) electrons. The summed E-state index contributed by atoms with van der Waals surface area (Å²) in [6.45, 7) is 0. The van der Waals surface area contributed by atoms with E-state index in [2.05, 4.69) is 182 Å². The van der Waals surface area contributed by atoms with E-state index < -0.39 is 28.8 Å². The Balaban J connectivity index is 0.000000205. The summed E-state index contributed by atoms with van der Waals surface area (Å²) in [7, 11) is 14.0. The number of hydrogen-bond acceptors (Lipinski definition) is 1. The van der Waals surface area contributed by atoms with Crippen molar-refractivity contribution >= 4 is 76.7 Å². The van der Waals surface area contributed by atoms with Crippen molar-refractivity contribution in [1.82, 2.24) is 0 Å². The molecule has 0 saturated heterocycles. The van der Waals surface area contributed by atoms with E-state index in [4.69, 9.17) is 39.6 Å². The van der Waals surface area contributed by atoms with Crippen LogP contribution in [0.4, 0.5) is 0 Å². The van der Waals surface area contributed by atoms with Gasteiger partial charge in [0.2, 0.25) is 0 Å². The van der Waals surface area contributed by atoms with Gasteiger partial charge in [0.05, 0.1) is 0 Å². The molecule has 0 unspecified atom stereocenters. The first-order chi connectivity index (χ1) is 21.6. The summed E-state index contributed by atoms with van der Waals surface area (Å²) in [6, 6.07) is 64.7. The monoisotopic (exact) mass is 761 g/mol. The van der Waals surface area contributed by atoms with Crippen molar-refractivity contribution in [1.29, 1.82) is 0 Å². The van der Waals surface area contributed by atoms with Gasteiger partial charge in [0.25, 0.3) is 0 Å². The average Bonchev–Trinajstić information content (AvgIpc) is 3.09. The Kier molecular flexibility index (Phi) is 17.1. The van der Waals surface area contributed by atoms with Crippen LogP contribution in [0.2, 0.25) is 0 Å². The smallest absolute Gasteiger partial charge is 0.0134 e. The van der Waals surface area contributed by atoms with Gasteiger partial charge < -0.3 is 10.5 Å². The Morgan fingerprint density at radius 1 is 0.318 bits per heavy atom. The van der Waals surface area contributed by atoms with Crippen LogP contribution in [0.5, 0.6) is 0 Å². The molecule has 225 valence electrons. The Bertz CT molecular complexity index is 1260. The zero-order chi connectivity index (χ0) is 31.4. The second kappa shape index (κ2) is 21.1. The summed E-state index contributed by atoms with van der Waals surface area (Å²) in [5.41, 5.74) is 5.75. The molecule has 6 rings (SSSR count). The number of rotatable bonds is 6. The third-order valence-electron chi connectivity index (χ3n) is 6.09. The van der Waals surface area contributed by atoms with E-state index in [1.807, 2.05) is 0 Å². The molecule has 6 aromatic carbocycles. The van der Waals surface area contributed by atoms with Crippen molar-refractivity contribution in [3.8, 4) is 0 Å². The number of halogens is 3. The number of nitroso groups, excluding NO2 is 1. The molecule has 0 atom stereocenters. The molecular formula is C36H30Cl3NOP2Ru-. The predicted molar refractivity (Wildman–Crippen MR) is 195 cm³/mol. The van der Waals surface area contributed by atoms with Crippen molar-refractivity contribution in [3.63, 3.8) is 0 Å². The van der Waals surface area contributed by atoms with Crippen molar-refractivity contribution in [2.24, 2.45) is 0 Å². The number of hydrogen-bond donors (Lipinski definition) is 0. The summed E-state index contributed by atoms with van der Waals surface area (Å²) >= 11 is -1.75. The SMILES string of the molecule is [Cl][Ru]([Cl])[Cl].[N-]=O.c1ccc(P(c2ccccc2)c2ccccc2)cc1.c1ccc(P(c2ccccc2)c2ccccc2)cc1. The molecule has 44 heavy (non-hydrogen) atoms. The standard InChI is InChI=1S/2C18H15P.3ClH.NO.Ru/c2*1-4-10-16(11-5-1)19(17-12-6-2-7-13-17)18-14-8-3-9-15-18;;;;1-2;/h2*1-15H;3*1H;;/q;;;;;-1;+3/p-3. The van der Waals surface area contributed by atoms with Gasteiger partial charge in [0.1, 0.15) is 0 Å². The maximum absolute atomic E-state index is 7.25. The van der Waals surface area contributed by atoms with E-state index in [-0.39, 0.29) is 0 Å². The molecule has 0 bridgehead atoms. The van der Waals surface area contributed by atoms with E-state index in [1.54, 1.807) is 0 Å². The second-order valence-electron chi connectivity index (χ2n) is 8.84. The summed E-state index contributed by atoms with van der Waals surface area (Å²) < 4.78 is 0. The molecule has 2 nitrogen and oxygen atoms in total. The minimum atomic E-state index is -1.75. The molecule has 8 heteroatoms. The molecule has 0 saturated carbocycles. The summed E-state index contributed by atoms with van der Waals surface area (Å²) in [5, 5.41) is 8.39. The molecule has 0 aliphatic carbocycles. The zero-order valence-corrected chi connectivity index (χ0v) is 29.4. The van der Waals surface area contributed by atoms with Gasteiger partial charge in [-0.15, -0.1) is 0 Å². The first kappa shape index (κ1) is 35.7. The molecule has 0 amide bonds. The van der Waals surface area contributed by atoms with Crippen LogP contribution in [0.15, 0.2) is 182 Å². The largest absolute Gasteiger partial charge is 0.577 e. The normalized spacial score (nSPS) is 10.2. The number of nitrogens with zero attached hydrogens (tertiary/aromatic N) is 1. The van der Waals surface area contributed by atoms with Crippen LogP contribution >= 0.6 is 44.9 Å². The fraction of sp³-hybridized carbons (Fsp3) is 0. The van der Waals surface area contributed by atoms with Crippen molar-refractivity contribution in [2.75, 3.05) is 0 Å². The molecule has 0 N–H and O–H groups in total. The van der Waals surface area contributed by atoms with E-state index in [0.717, 1.165) is 0 Å². The molecule has 0 aliphatic heterocycles. The molecule has 0 heterocycles. The fourth-order valence-electron chi connectivity index (χ4n) is 4.36. The predicted octanol–water partition coefficient (Wildman–Crippen LogP) is 9.28. The number of benzene rings is 6. The summed E-state index contributed by atoms with van der Waals surface area (Å²) in [6.07, 6.45) is 0. The van der Waals surface area contributed by atoms with Crippen molar-refractivity contribution < 1.29 is 13.0 Å². The molecule has 0 aliphatic rings. The van der Waals surface area contributed by atoms with E-state index >= 15 is 0 Å². The molecule has 0 aromatic heterocycles. The fourth-order valence-corrected chi connectivity index (χ4v) is 8.97. The van der Waals surface area contributed by atoms with E-state index in [1.165, 1.54) is 31.8 Å². The molecule has 0 fully saturated rings. The van der Waals surface area contributed by atoms with E-state index in [9.17, 15) is 0 Å². The van der Waals surface area contributed by atoms with Gasteiger partial charge in [-0.25, -0.2) is 0 Å². The van der Waals surface area contributed by atoms with Crippen LogP contribution in [0.3, 0.4) is 0 Å². The molecular weight excluding hydrogens is 732 g/mol. The first-order valence-electron chi connectivity index (χ1n) is 13.4. The van der Waals surface area contributed by atoms with Crippen LogP contribution in [0.1, 0.15) is 0 Å². The van der Waals surface area contributed by atoms with E-state index in [0.29, 0.717) is 0 Å². The van der Waals surface area contributed by atoms with Gasteiger partial charge >= 0.3 is 42.1 Å². The van der Waals surface area contributed by atoms with Gasteiger partial charge in [-0.1, -0.05) is 182 Å². The van der Waals surface area contributed by atoms with Gasteiger partial charge in [-0.3, -0.25) is 0 Å². The first-order valence-corrected chi connectivity index (χ1v) is 22.8. The second-order valence-corrected chi connectivity index (χ2v) is 21.2. The Labute approximate surface area is 280 Å². The zero-order valence-electron chi connectivity index (χ0n) is 23.6. The third-order valence-corrected chi connectivity index (χ3v) is 11.0. The minimum absolute atomic E-state index is 0.446. The Hall–Kier alpha value is -2.73. The Morgan fingerprint density at radius 3 is 0.545 bits per heavy atom. The maximum atomic E-state index is 7.25. The van der Waals surface area contributed by atoms with Crippen LogP contribution in [0, 0.1) is 4.91 Å². The van der Waals surface area contributed by atoms with Crippen LogP contribution in [-0.2, 0) is 13.0 Å². The third kappa shape index (κ3) is 12.0. The Morgan fingerprint density at radius 2 is 0.432 bits per heavy atom. The van der Waals surface area contributed by atoms with Crippen LogP contribution in [-0.4, -0.2) is 0 Å². The summed E-state index contributed by atoms with van der Waals surface area (Å²) in [4.78, 5) is 7.25. The topological polar surface area (TPSA) is 39.4 Å². The summed E-state index contributed by atoms with van der Waals surface area (Å²) in [5.74, 6) is 0.